The number of fused-ring (bicyclic) bond motifs is 1. The first-order chi connectivity index (χ1) is 9.65. The minimum Gasteiger partial charge on any atom is -0.297 e. The number of hydrogen-bond acceptors (Lipinski definition) is 5. The molecule has 3 heterocycles. The summed E-state index contributed by atoms with van der Waals surface area (Å²) < 4.78 is 1.95. The Hall–Kier alpha value is -2.02. The third-order valence-corrected chi connectivity index (χ3v) is 4.24. The molecule has 0 bridgehead atoms. The summed E-state index contributed by atoms with van der Waals surface area (Å²) in [5, 5.41) is 12.6. The largest absolute Gasteiger partial charge is 0.297 e. The van der Waals surface area contributed by atoms with Crippen molar-refractivity contribution in [3.05, 3.63) is 27.7 Å². The molecule has 1 aliphatic heterocycles. The number of Topliss-reactive ketones (excluding diaryl/α,β-unsaturated/α-hetero) is 1. The summed E-state index contributed by atoms with van der Waals surface area (Å²) in [6.07, 6.45) is 3.08. The maximum Gasteiger partial charge on any atom is 0.268 e. The van der Waals surface area contributed by atoms with Gasteiger partial charge in [0, 0.05) is 23.9 Å². The molecule has 3 rings (SSSR count). The lowest BCUT2D eigenvalue weighted by molar-refractivity contribution is 0.101. The number of nitrogens with zero attached hydrogens (tertiary/aromatic N) is 3. The molecular weight excluding hydrogens is 276 g/mol. The van der Waals surface area contributed by atoms with Crippen LogP contribution in [0.2, 0.25) is 0 Å². The predicted molar refractivity (Wildman–Crippen MR) is 75.2 cm³/mol. The number of nitrogens with one attached hydrogen (secondary N) is 1. The number of carbonyl (C=O) groups excluding carboxylic acids is 2. The van der Waals surface area contributed by atoms with Crippen LogP contribution >= 0.6 is 11.3 Å². The van der Waals surface area contributed by atoms with Gasteiger partial charge >= 0.3 is 0 Å². The van der Waals surface area contributed by atoms with Crippen LogP contribution in [-0.2, 0) is 13.0 Å². The second kappa shape index (κ2) is 5.16. The van der Waals surface area contributed by atoms with Crippen LogP contribution in [0.1, 0.15) is 45.6 Å². The van der Waals surface area contributed by atoms with E-state index >= 15 is 0 Å². The fourth-order valence-corrected chi connectivity index (χ4v) is 3.04. The second-order valence-electron chi connectivity index (χ2n) is 4.76. The maximum atomic E-state index is 12.1. The molecule has 0 aliphatic carbocycles. The van der Waals surface area contributed by atoms with Crippen molar-refractivity contribution < 1.29 is 9.59 Å². The van der Waals surface area contributed by atoms with Crippen molar-refractivity contribution in [2.75, 3.05) is 5.32 Å². The van der Waals surface area contributed by atoms with E-state index in [1.807, 2.05) is 4.57 Å². The van der Waals surface area contributed by atoms with Crippen LogP contribution in [0.25, 0.3) is 0 Å². The van der Waals surface area contributed by atoms with E-state index in [1.165, 1.54) is 18.3 Å². The van der Waals surface area contributed by atoms with E-state index in [0.29, 0.717) is 16.4 Å². The van der Waals surface area contributed by atoms with Crippen molar-refractivity contribution in [3.63, 3.8) is 0 Å². The molecule has 0 unspecified atom stereocenters. The summed E-state index contributed by atoms with van der Waals surface area (Å²) in [4.78, 5) is 23.9. The van der Waals surface area contributed by atoms with Gasteiger partial charge in [-0.1, -0.05) is 0 Å². The van der Waals surface area contributed by atoms with Crippen molar-refractivity contribution in [2.24, 2.45) is 0 Å². The van der Waals surface area contributed by atoms with Gasteiger partial charge in [-0.25, -0.2) is 0 Å². The first-order valence-electron chi connectivity index (χ1n) is 6.48. The molecule has 0 aromatic carbocycles. The fraction of sp³-hybridized carbons (Fsp3) is 0.385. The third-order valence-electron chi connectivity index (χ3n) is 3.31. The smallest absolute Gasteiger partial charge is 0.268 e. The van der Waals surface area contributed by atoms with Crippen LogP contribution in [0.4, 0.5) is 5.95 Å². The van der Waals surface area contributed by atoms with Crippen LogP contribution in [-0.4, -0.2) is 26.5 Å². The van der Waals surface area contributed by atoms with E-state index in [9.17, 15) is 9.59 Å². The van der Waals surface area contributed by atoms with Gasteiger partial charge in [-0.3, -0.25) is 19.5 Å². The van der Waals surface area contributed by atoms with E-state index in [0.717, 1.165) is 31.6 Å². The molecule has 0 fully saturated rings. The summed E-state index contributed by atoms with van der Waals surface area (Å²) in [5.74, 6) is 1.12. The highest BCUT2D eigenvalue weighted by Crippen LogP contribution is 2.20. The number of thiophene rings is 1. The Morgan fingerprint density at radius 3 is 2.95 bits per heavy atom. The number of ketones is 1. The Morgan fingerprint density at radius 1 is 1.35 bits per heavy atom. The Kier molecular flexibility index (Phi) is 3.35. The van der Waals surface area contributed by atoms with Gasteiger partial charge in [0.1, 0.15) is 5.82 Å². The third kappa shape index (κ3) is 2.36. The molecule has 2 aromatic rings. The van der Waals surface area contributed by atoms with Crippen LogP contribution < -0.4 is 5.32 Å². The van der Waals surface area contributed by atoms with Crippen molar-refractivity contribution >= 4 is 29.0 Å². The van der Waals surface area contributed by atoms with Crippen LogP contribution in [0, 0.1) is 0 Å². The van der Waals surface area contributed by atoms with Gasteiger partial charge in [0.25, 0.3) is 5.91 Å². The summed E-state index contributed by atoms with van der Waals surface area (Å²) in [7, 11) is 0. The molecule has 7 heteroatoms. The molecule has 2 aromatic heterocycles. The lowest BCUT2D eigenvalue weighted by Crippen LogP contribution is -2.18. The number of aryl methyl sites for hydroxylation is 1. The van der Waals surface area contributed by atoms with Gasteiger partial charge in [0.05, 0.1) is 4.88 Å². The molecule has 1 amide bonds. The number of rotatable bonds is 3. The Balaban J connectivity index is 1.78. The van der Waals surface area contributed by atoms with E-state index in [-0.39, 0.29) is 11.7 Å². The zero-order valence-corrected chi connectivity index (χ0v) is 11.9. The quantitative estimate of drug-likeness (QED) is 0.878. The number of amides is 1. The van der Waals surface area contributed by atoms with Crippen molar-refractivity contribution in [1.29, 1.82) is 0 Å². The van der Waals surface area contributed by atoms with Crippen molar-refractivity contribution in [2.45, 2.75) is 32.7 Å². The van der Waals surface area contributed by atoms with Gasteiger partial charge in [-0.2, -0.15) is 0 Å². The van der Waals surface area contributed by atoms with E-state index < -0.39 is 0 Å². The van der Waals surface area contributed by atoms with E-state index in [4.69, 9.17) is 0 Å². The standard InChI is InChI=1S/C13H14N4O2S/c1-8(18)9-6-10(20-7-9)12(19)14-13-16-15-11-4-2-3-5-17(11)13/h6-7H,2-5H2,1H3,(H,14,16,19). The minimum atomic E-state index is -0.247. The highest BCUT2D eigenvalue weighted by atomic mass is 32.1. The lowest BCUT2D eigenvalue weighted by atomic mass is 10.2. The second-order valence-corrected chi connectivity index (χ2v) is 5.67. The molecule has 20 heavy (non-hydrogen) atoms. The molecule has 1 aliphatic rings. The zero-order chi connectivity index (χ0) is 14.1. The first kappa shape index (κ1) is 13.0. The van der Waals surface area contributed by atoms with Gasteiger partial charge in [0.2, 0.25) is 5.95 Å². The van der Waals surface area contributed by atoms with E-state index in [2.05, 4.69) is 15.5 Å². The molecule has 104 valence electrons. The van der Waals surface area contributed by atoms with Crippen LogP contribution in [0.15, 0.2) is 11.4 Å². The average Bonchev–Trinajstić information content (AvgIpc) is 3.06. The molecule has 0 radical (unpaired) electrons. The topological polar surface area (TPSA) is 76.9 Å². The normalized spacial score (nSPS) is 13.8. The Morgan fingerprint density at radius 2 is 2.20 bits per heavy atom. The number of anilines is 1. The molecule has 0 spiro atoms. The predicted octanol–water partition coefficient (Wildman–Crippen LogP) is 2.13. The van der Waals surface area contributed by atoms with Gasteiger partial charge in [-0.05, 0) is 25.8 Å². The highest BCUT2D eigenvalue weighted by molar-refractivity contribution is 7.12. The highest BCUT2D eigenvalue weighted by Gasteiger charge is 2.19. The molecule has 6 nitrogen and oxygen atoms in total. The Labute approximate surface area is 119 Å². The number of carbonyl (C=O) groups is 2. The summed E-state index contributed by atoms with van der Waals surface area (Å²) in [5.41, 5.74) is 0.559. The molecular formula is C13H14N4O2S. The van der Waals surface area contributed by atoms with Crippen molar-refractivity contribution in [1.82, 2.24) is 14.8 Å². The fourth-order valence-electron chi connectivity index (χ4n) is 2.20. The molecule has 1 N–H and O–H groups in total. The monoisotopic (exact) mass is 290 g/mol. The van der Waals surface area contributed by atoms with Crippen LogP contribution in [0.5, 0.6) is 0 Å². The minimum absolute atomic E-state index is 0.0415. The van der Waals surface area contributed by atoms with Gasteiger partial charge in [0.15, 0.2) is 5.78 Å². The summed E-state index contributed by atoms with van der Waals surface area (Å²) in [6, 6.07) is 1.61. The van der Waals surface area contributed by atoms with E-state index in [1.54, 1.807) is 11.4 Å². The Bertz CT molecular complexity index is 674. The van der Waals surface area contributed by atoms with Crippen molar-refractivity contribution in [3.8, 4) is 0 Å². The number of hydrogen-bond donors (Lipinski definition) is 1. The SMILES string of the molecule is CC(=O)c1csc(C(=O)Nc2nnc3n2CCCC3)c1. The summed E-state index contributed by atoms with van der Waals surface area (Å²) >= 11 is 1.25. The molecule has 0 saturated heterocycles. The zero-order valence-electron chi connectivity index (χ0n) is 11.0. The first-order valence-corrected chi connectivity index (χ1v) is 7.36. The lowest BCUT2D eigenvalue weighted by Gasteiger charge is -2.14. The van der Waals surface area contributed by atoms with Gasteiger partial charge < -0.3 is 0 Å². The molecule has 0 saturated carbocycles. The van der Waals surface area contributed by atoms with Crippen LogP contribution in [0.3, 0.4) is 0 Å². The summed E-state index contributed by atoms with van der Waals surface area (Å²) in [6.45, 7) is 2.32. The molecule has 0 atom stereocenters. The average molecular weight is 290 g/mol. The maximum absolute atomic E-state index is 12.1. The number of aromatic nitrogens is 3. The van der Waals surface area contributed by atoms with Gasteiger partial charge in [-0.15, -0.1) is 21.5 Å².